The Morgan fingerprint density at radius 3 is 2.91 bits per heavy atom. The zero-order valence-electron chi connectivity index (χ0n) is 6.75. The van der Waals surface area contributed by atoms with Gasteiger partial charge in [0.15, 0.2) is 5.96 Å². The average Bonchev–Trinajstić information content (AvgIpc) is 2.67. The SMILES string of the molecule is C[C@@H](O)CN=C(N)NC1CC1. The van der Waals surface area contributed by atoms with Crippen LogP contribution >= 0.6 is 0 Å². The molecule has 4 heteroatoms. The van der Waals surface area contributed by atoms with Gasteiger partial charge in [-0.15, -0.1) is 0 Å². The molecule has 0 aromatic carbocycles. The van der Waals surface area contributed by atoms with E-state index in [4.69, 9.17) is 10.8 Å². The van der Waals surface area contributed by atoms with E-state index >= 15 is 0 Å². The lowest BCUT2D eigenvalue weighted by molar-refractivity contribution is 0.204. The Hall–Kier alpha value is -0.770. The van der Waals surface area contributed by atoms with Crippen molar-refractivity contribution >= 4 is 5.96 Å². The standard InChI is InChI=1S/C7H15N3O/c1-5(11)4-9-7(8)10-6-2-3-6/h5-6,11H,2-4H2,1H3,(H3,8,9,10)/t5-/m1/s1. The number of nitrogens with one attached hydrogen (secondary N) is 1. The average molecular weight is 157 g/mol. The first-order valence-corrected chi connectivity index (χ1v) is 3.93. The summed E-state index contributed by atoms with van der Waals surface area (Å²) in [5, 5.41) is 11.9. The third-order valence-corrected chi connectivity index (χ3v) is 1.46. The highest BCUT2D eigenvalue weighted by Crippen LogP contribution is 2.17. The molecule has 0 bridgehead atoms. The van der Waals surface area contributed by atoms with Crippen LogP contribution in [0.25, 0.3) is 0 Å². The summed E-state index contributed by atoms with van der Waals surface area (Å²) in [6.45, 7) is 2.07. The minimum absolute atomic E-state index is 0.381. The fourth-order valence-electron chi connectivity index (χ4n) is 0.713. The fraction of sp³-hybridized carbons (Fsp3) is 0.857. The number of aliphatic hydroxyl groups excluding tert-OH is 1. The van der Waals surface area contributed by atoms with Gasteiger partial charge in [0.25, 0.3) is 0 Å². The molecular weight excluding hydrogens is 142 g/mol. The van der Waals surface area contributed by atoms with Crippen molar-refractivity contribution in [1.82, 2.24) is 5.32 Å². The maximum Gasteiger partial charge on any atom is 0.188 e. The van der Waals surface area contributed by atoms with Crippen LogP contribution in [0.4, 0.5) is 0 Å². The minimum Gasteiger partial charge on any atom is -0.391 e. The summed E-state index contributed by atoms with van der Waals surface area (Å²) in [6, 6.07) is 0.535. The van der Waals surface area contributed by atoms with Gasteiger partial charge in [0, 0.05) is 6.04 Å². The van der Waals surface area contributed by atoms with Crippen molar-refractivity contribution in [2.24, 2.45) is 10.7 Å². The molecule has 0 heterocycles. The zero-order chi connectivity index (χ0) is 8.27. The van der Waals surface area contributed by atoms with Crippen molar-refractivity contribution in [3.8, 4) is 0 Å². The molecule has 4 nitrogen and oxygen atoms in total. The van der Waals surface area contributed by atoms with Gasteiger partial charge in [0.2, 0.25) is 0 Å². The van der Waals surface area contributed by atoms with E-state index in [0.717, 1.165) is 0 Å². The predicted molar refractivity (Wildman–Crippen MR) is 44.3 cm³/mol. The van der Waals surface area contributed by atoms with Gasteiger partial charge in [-0.3, -0.25) is 4.99 Å². The number of hydrogen-bond donors (Lipinski definition) is 3. The predicted octanol–water partition coefficient (Wildman–Crippen LogP) is -0.566. The first kappa shape index (κ1) is 8.33. The zero-order valence-corrected chi connectivity index (χ0v) is 6.75. The van der Waals surface area contributed by atoms with Crippen LogP contribution in [0, 0.1) is 0 Å². The van der Waals surface area contributed by atoms with Crippen LogP contribution in [0.15, 0.2) is 4.99 Å². The van der Waals surface area contributed by atoms with E-state index in [0.29, 0.717) is 18.5 Å². The van der Waals surface area contributed by atoms with Crippen molar-refractivity contribution in [2.75, 3.05) is 6.54 Å². The first-order chi connectivity index (χ1) is 5.18. The van der Waals surface area contributed by atoms with Crippen LogP contribution in [-0.4, -0.2) is 29.8 Å². The maximum absolute atomic E-state index is 8.86. The lowest BCUT2D eigenvalue weighted by Gasteiger charge is -2.03. The topological polar surface area (TPSA) is 70.6 Å². The third-order valence-electron chi connectivity index (χ3n) is 1.46. The van der Waals surface area contributed by atoms with Crippen LogP contribution in [-0.2, 0) is 0 Å². The number of aliphatic imine (C=N–C) groups is 1. The molecule has 0 amide bonds. The van der Waals surface area contributed by atoms with Gasteiger partial charge in [-0.25, -0.2) is 0 Å². The van der Waals surface area contributed by atoms with Crippen molar-refractivity contribution < 1.29 is 5.11 Å². The second kappa shape index (κ2) is 3.57. The lowest BCUT2D eigenvalue weighted by atomic mass is 10.4. The molecule has 1 atom stereocenters. The molecule has 1 aliphatic rings. The summed E-state index contributed by atoms with van der Waals surface area (Å²) < 4.78 is 0. The molecule has 0 aromatic heterocycles. The Labute approximate surface area is 66.5 Å². The molecule has 11 heavy (non-hydrogen) atoms. The van der Waals surface area contributed by atoms with E-state index in [9.17, 15) is 0 Å². The van der Waals surface area contributed by atoms with Gasteiger partial charge in [-0.2, -0.15) is 0 Å². The molecule has 1 aliphatic carbocycles. The van der Waals surface area contributed by atoms with Gasteiger partial charge < -0.3 is 16.2 Å². The van der Waals surface area contributed by atoms with Gasteiger partial charge >= 0.3 is 0 Å². The van der Waals surface area contributed by atoms with Crippen LogP contribution in [0.3, 0.4) is 0 Å². The number of aliphatic hydroxyl groups is 1. The van der Waals surface area contributed by atoms with E-state index in [1.54, 1.807) is 6.92 Å². The minimum atomic E-state index is -0.408. The molecule has 1 fully saturated rings. The molecule has 0 spiro atoms. The summed E-state index contributed by atoms with van der Waals surface area (Å²) in [5.41, 5.74) is 5.49. The van der Waals surface area contributed by atoms with E-state index in [1.165, 1.54) is 12.8 Å². The van der Waals surface area contributed by atoms with Gasteiger partial charge in [0.05, 0.1) is 12.6 Å². The van der Waals surface area contributed by atoms with Crippen LogP contribution in [0.5, 0.6) is 0 Å². The highest BCUT2D eigenvalue weighted by Gasteiger charge is 2.21. The second-order valence-corrected chi connectivity index (χ2v) is 2.99. The van der Waals surface area contributed by atoms with Gasteiger partial charge in [-0.1, -0.05) is 0 Å². The second-order valence-electron chi connectivity index (χ2n) is 2.99. The summed E-state index contributed by atoms with van der Waals surface area (Å²) in [5.74, 6) is 0.452. The van der Waals surface area contributed by atoms with E-state index < -0.39 is 6.10 Å². The summed E-state index contributed by atoms with van der Waals surface area (Å²) in [4.78, 5) is 3.94. The van der Waals surface area contributed by atoms with Crippen molar-refractivity contribution in [1.29, 1.82) is 0 Å². The van der Waals surface area contributed by atoms with Gasteiger partial charge in [-0.05, 0) is 19.8 Å². The van der Waals surface area contributed by atoms with Crippen molar-refractivity contribution in [3.63, 3.8) is 0 Å². The molecule has 0 saturated heterocycles. The molecule has 1 rings (SSSR count). The molecule has 4 N–H and O–H groups in total. The van der Waals surface area contributed by atoms with E-state index in [1.807, 2.05) is 0 Å². The normalized spacial score (nSPS) is 21.5. The number of guanidine groups is 1. The fourth-order valence-corrected chi connectivity index (χ4v) is 0.713. The lowest BCUT2D eigenvalue weighted by Crippen LogP contribution is -2.34. The molecule has 0 aromatic rings. The third kappa shape index (κ3) is 3.83. The largest absolute Gasteiger partial charge is 0.391 e. The summed E-state index contributed by atoms with van der Waals surface area (Å²) >= 11 is 0. The molecule has 0 aliphatic heterocycles. The number of nitrogens with zero attached hydrogens (tertiary/aromatic N) is 1. The highest BCUT2D eigenvalue weighted by atomic mass is 16.3. The molecule has 1 saturated carbocycles. The Kier molecular flexibility index (Phi) is 2.70. The summed E-state index contributed by atoms with van der Waals surface area (Å²) in [6.07, 6.45) is 1.96. The number of rotatable bonds is 3. The molecular formula is C7H15N3O. The first-order valence-electron chi connectivity index (χ1n) is 3.93. The van der Waals surface area contributed by atoms with Crippen molar-refractivity contribution in [2.45, 2.75) is 31.9 Å². The smallest absolute Gasteiger partial charge is 0.188 e. The highest BCUT2D eigenvalue weighted by molar-refractivity contribution is 5.78. The van der Waals surface area contributed by atoms with Crippen LogP contribution in [0.1, 0.15) is 19.8 Å². The monoisotopic (exact) mass is 157 g/mol. The van der Waals surface area contributed by atoms with E-state index in [2.05, 4.69) is 10.3 Å². The number of nitrogens with two attached hydrogens (primary N) is 1. The van der Waals surface area contributed by atoms with E-state index in [-0.39, 0.29) is 0 Å². The molecule has 0 unspecified atom stereocenters. The Bertz CT molecular complexity index is 152. The Morgan fingerprint density at radius 2 is 2.45 bits per heavy atom. The van der Waals surface area contributed by atoms with Crippen molar-refractivity contribution in [3.05, 3.63) is 0 Å². The van der Waals surface area contributed by atoms with Crippen LogP contribution < -0.4 is 11.1 Å². The van der Waals surface area contributed by atoms with Crippen LogP contribution in [0.2, 0.25) is 0 Å². The van der Waals surface area contributed by atoms with Gasteiger partial charge in [0.1, 0.15) is 0 Å². The molecule has 0 radical (unpaired) electrons. The quantitative estimate of drug-likeness (QED) is 0.379. The molecule has 64 valence electrons. The summed E-state index contributed by atoms with van der Waals surface area (Å²) in [7, 11) is 0. The Balaban J connectivity index is 2.15. The maximum atomic E-state index is 8.86. The number of hydrogen-bond acceptors (Lipinski definition) is 2. The Morgan fingerprint density at radius 1 is 1.82 bits per heavy atom.